The number of nitrogens with zero attached hydrogens (tertiary/aromatic N) is 4. The number of ether oxygens (including phenoxy) is 4. The zero-order valence-electron chi connectivity index (χ0n) is 25.0. The van der Waals surface area contributed by atoms with Crippen LogP contribution in [-0.2, 0) is 25.5 Å². The van der Waals surface area contributed by atoms with Crippen molar-refractivity contribution in [1.29, 1.82) is 0 Å². The lowest BCUT2D eigenvalue weighted by molar-refractivity contribution is -0.138. The van der Waals surface area contributed by atoms with Gasteiger partial charge in [-0.05, 0) is 91.6 Å². The fourth-order valence-corrected chi connectivity index (χ4v) is 6.77. The van der Waals surface area contributed by atoms with Crippen molar-refractivity contribution >= 4 is 0 Å². The molecule has 4 rings (SSSR count). The second-order valence-electron chi connectivity index (χ2n) is 13.1. The lowest BCUT2D eigenvalue weighted by atomic mass is 9.65. The third-order valence-corrected chi connectivity index (χ3v) is 8.87. The van der Waals surface area contributed by atoms with Gasteiger partial charge in [-0.15, -0.1) is 0 Å². The molecule has 1 spiro atoms. The minimum absolute atomic E-state index is 0.0795. The Bertz CT molecular complexity index is 842. The molecule has 38 heavy (non-hydrogen) atoms. The SMILES string of the molecule is COC1CCC(c2nn(C3CCCCO3)cc2CN(C)CCN(C)COCOC(C)(C)C)CC12CCCC2. The average Bonchev–Trinajstić information content (AvgIpc) is 3.53. The van der Waals surface area contributed by atoms with Crippen LogP contribution in [0.4, 0.5) is 0 Å². The Morgan fingerprint density at radius 1 is 1.05 bits per heavy atom. The van der Waals surface area contributed by atoms with Crippen molar-refractivity contribution in [2.75, 3.05) is 54.4 Å². The van der Waals surface area contributed by atoms with Crippen molar-refractivity contribution < 1.29 is 18.9 Å². The van der Waals surface area contributed by atoms with E-state index in [1.165, 1.54) is 49.8 Å². The van der Waals surface area contributed by atoms with Crippen LogP contribution < -0.4 is 0 Å². The Morgan fingerprint density at radius 2 is 1.82 bits per heavy atom. The van der Waals surface area contributed by atoms with Gasteiger partial charge in [-0.3, -0.25) is 4.90 Å². The monoisotopic (exact) mass is 534 g/mol. The number of hydrogen-bond acceptors (Lipinski definition) is 7. The first-order valence-electron chi connectivity index (χ1n) is 15.0. The van der Waals surface area contributed by atoms with Gasteiger partial charge in [0.25, 0.3) is 0 Å². The van der Waals surface area contributed by atoms with E-state index in [0.717, 1.165) is 51.9 Å². The van der Waals surface area contributed by atoms with Crippen molar-refractivity contribution in [2.24, 2.45) is 5.41 Å². The molecule has 1 aliphatic heterocycles. The predicted octanol–water partition coefficient (Wildman–Crippen LogP) is 5.54. The van der Waals surface area contributed by atoms with Crippen LogP contribution in [0.25, 0.3) is 0 Å². The Kier molecular flexibility index (Phi) is 10.7. The molecule has 2 heterocycles. The van der Waals surface area contributed by atoms with Gasteiger partial charge in [0.15, 0.2) is 0 Å². The third-order valence-electron chi connectivity index (χ3n) is 8.87. The highest BCUT2D eigenvalue weighted by molar-refractivity contribution is 5.23. The Morgan fingerprint density at radius 3 is 2.50 bits per heavy atom. The minimum Gasteiger partial charge on any atom is -0.381 e. The van der Waals surface area contributed by atoms with Gasteiger partial charge in [0.1, 0.15) is 19.8 Å². The minimum atomic E-state index is -0.177. The highest BCUT2D eigenvalue weighted by atomic mass is 16.7. The molecule has 2 saturated carbocycles. The van der Waals surface area contributed by atoms with Crippen molar-refractivity contribution in [3.63, 3.8) is 0 Å². The molecule has 0 N–H and O–H groups in total. The van der Waals surface area contributed by atoms with Gasteiger partial charge in [0.05, 0.1) is 17.4 Å². The number of rotatable bonds is 12. The zero-order valence-corrected chi connectivity index (χ0v) is 25.0. The fraction of sp³-hybridized carbons (Fsp3) is 0.900. The summed E-state index contributed by atoms with van der Waals surface area (Å²) in [5, 5.41) is 5.26. The number of hydrogen-bond donors (Lipinski definition) is 0. The van der Waals surface area contributed by atoms with E-state index in [9.17, 15) is 0 Å². The first kappa shape index (κ1) is 29.9. The molecule has 0 bridgehead atoms. The maximum atomic E-state index is 6.14. The standard InChI is InChI=1S/C30H54N4O4/c1-29(2,3)38-23-36-22-33(5)17-16-32(4)20-25-21-34(27-11-7-10-18-37-27)31-28(25)24-12-13-26(35-6)30(19-24)14-8-9-15-30/h21,24,26-27H,7-20,22-23H2,1-6H3. The molecule has 1 saturated heterocycles. The van der Waals surface area contributed by atoms with Crippen molar-refractivity contribution in [3.05, 3.63) is 17.5 Å². The molecular weight excluding hydrogens is 480 g/mol. The van der Waals surface area contributed by atoms with Gasteiger partial charge in [-0.2, -0.15) is 5.10 Å². The first-order valence-corrected chi connectivity index (χ1v) is 15.0. The molecule has 8 nitrogen and oxygen atoms in total. The van der Waals surface area contributed by atoms with Gasteiger partial charge >= 0.3 is 0 Å². The van der Waals surface area contributed by atoms with E-state index >= 15 is 0 Å². The summed E-state index contributed by atoms with van der Waals surface area (Å²) in [5.74, 6) is 0.506. The molecule has 3 fully saturated rings. The molecule has 2 aliphatic carbocycles. The number of methoxy groups -OCH3 is 1. The molecule has 1 aromatic heterocycles. The van der Waals surface area contributed by atoms with E-state index in [0.29, 0.717) is 31.0 Å². The Hall–Kier alpha value is -1.03. The fourth-order valence-electron chi connectivity index (χ4n) is 6.77. The first-order chi connectivity index (χ1) is 18.2. The van der Waals surface area contributed by atoms with Crippen LogP contribution in [0.2, 0.25) is 0 Å². The van der Waals surface area contributed by atoms with Crippen LogP contribution in [0, 0.1) is 5.41 Å². The molecule has 8 heteroatoms. The lowest BCUT2D eigenvalue weighted by Gasteiger charge is -2.44. The van der Waals surface area contributed by atoms with Gasteiger partial charge in [-0.1, -0.05) is 12.8 Å². The van der Waals surface area contributed by atoms with Gasteiger partial charge in [-0.25, -0.2) is 4.68 Å². The highest BCUT2D eigenvalue weighted by Gasteiger charge is 2.47. The summed E-state index contributed by atoms with van der Waals surface area (Å²) in [6, 6.07) is 0. The molecule has 0 amide bonds. The quantitative estimate of drug-likeness (QED) is 0.258. The summed E-state index contributed by atoms with van der Waals surface area (Å²) in [7, 11) is 6.24. The molecule has 0 radical (unpaired) electrons. The van der Waals surface area contributed by atoms with E-state index in [1.807, 2.05) is 27.9 Å². The summed E-state index contributed by atoms with van der Waals surface area (Å²) in [6.45, 7) is 10.7. The number of likely N-dealkylation sites (N-methyl/N-ethyl adjacent to an activating group) is 2. The summed E-state index contributed by atoms with van der Waals surface area (Å²) in [4.78, 5) is 4.62. The Balaban J connectivity index is 1.39. The van der Waals surface area contributed by atoms with Crippen LogP contribution in [0.3, 0.4) is 0 Å². The summed E-state index contributed by atoms with van der Waals surface area (Å²) >= 11 is 0. The zero-order chi connectivity index (χ0) is 27.2. The maximum Gasteiger partial charge on any atom is 0.150 e. The average molecular weight is 535 g/mol. The van der Waals surface area contributed by atoms with E-state index < -0.39 is 0 Å². The molecular formula is C30H54N4O4. The van der Waals surface area contributed by atoms with Crippen LogP contribution in [-0.4, -0.2) is 85.7 Å². The second kappa shape index (κ2) is 13.6. The largest absolute Gasteiger partial charge is 0.381 e. The molecule has 3 atom stereocenters. The van der Waals surface area contributed by atoms with Gasteiger partial charge in [0.2, 0.25) is 0 Å². The second-order valence-corrected chi connectivity index (χ2v) is 13.1. The smallest absolute Gasteiger partial charge is 0.150 e. The lowest BCUT2D eigenvalue weighted by Crippen LogP contribution is -2.40. The van der Waals surface area contributed by atoms with Crippen molar-refractivity contribution in [1.82, 2.24) is 19.6 Å². The molecule has 3 aliphatic rings. The van der Waals surface area contributed by atoms with E-state index in [1.54, 1.807) is 0 Å². The predicted molar refractivity (Wildman–Crippen MR) is 150 cm³/mol. The van der Waals surface area contributed by atoms with Gasteiger partial charge in [0, 0.05) is 51.0 Å². The van der Waals surface area contributed by atoms with Crippen LogP contribution in [0.1, 0.15) is 108 Å². The summed E-state index contributed by atoms with van der Waals surface area (Å²) in [5.41, 5.74) is 2.84. The highest BCUT2D eigenvalue weighted by Crippen LogP contribution is 2.54. The topological polar surface area (TPSA) is 61.2 Å². The molecule has 0 aromatic carbocycles. The normalized spacial score (nSPS) is 26.2. The number of aromatic nitrogens is 2. The third kappa shape index (κ3) is 8.01. The Labute approximate surface area is 231 Å². The maximum absolute atomic E-state index is 6.14. The van der Waals surface area contributed by atoms with Crippen LogP contribution in [0.5, 0.6) is 0 Å². The van der Waals surface area contributed by atoms with E-state index in [-0.39, 0.29) is 11.8 Å². The van der Waals surface area contributed by atoms with E-state index in [2.05, 4.69) is 34.8 Å². The molecule has 1 aromatic rings. The van der Waals surface area contributed by atoms with Crippen molar-refractivity contribution in [2.45, 2.75) is 115 Å². The molecule has 3 unspecified atom stereocenters. The van der Waals surface area contributed by atoms with Crippen LogP contribution >= 0.6 is 0 Å². The van der Waals surface area contributed by atoms with Gasteiger partial charge < -0.3 is 23.8 Å². The van der Waals surface area contributed by atoms with Crippen molar-refractivity contribution in [3.8, 4) is 0 Å². The van der Waals surface area contributed by atoms with E-state index in [4.69, 9.17) is 24.0 Å². The van der Waals surface area contributed by atoms with Crippen LogP contribution in [0.15, 0.2) is 6.20 Å². The summed E-state index contributed by atoms with van der Waals surface area (Å²) in [6.07, 6.45) is 15.0. The summed E-state index contributed by atoms with van der Waals surface area (Å²) < 4.78 is 25.7. The molecule has 218 valence electrons.